The average Bonchev–Trinajstić information content (AvgIpc) is 3.49. The molecule has 43 heavy (non-hydrogen) atoms. The maximum absolute atomic E-state index is 15.3. The van der Waals surface area contributed by atoms with Gasteiger partial charge >= 0.3 is 11.9 Å². The number of nitrogens with zero attached hydrogens (tertiary/aromatic N) is 2. The third-order valence-corrected chi connectivity index (χ3v) is 8.67. The Balaban J connectivity index is 1.69. The monoisotopic (exact) mass is 574 g/mol. The topological polar surface area (TPSA) is 76.2 Å². The van der Waals surface area contributed by atoms with Crippen LogP contribution in [-0.4, -0.2) is 37.6 Å². The van der Waals surface area contributed by atoms with E-state index >= 15 is 4.79 Å². The number of anilines is 2. The van der Waals surface area contributed by atoms with Gasteiger partial charge in [0.05, 0.1) is 26.3 Å². The Morgan fingerprint density at radius 2 is 1.44 bits per heavy atom. The Hall–Kier alpha value is -4.91. The second-order valence-corrected chi connectivity index (χ2v) is 11.0. The number of carbonyl (C=O) groups excluding carboxylic acids is 3. The maximum atomic E-state index is 15.3. The fraction of sp³-hybridized carbons (Fsp3) is 0.250. The average molecular weight is 575 g/mol. The molecule has 2 heterocycles. The first kappa shape index (κ1) is 28.2. The van der Waals surface area contributed by atoms with E-state index in [2.05, 4.69) is 0 Å². The molecule has 0 unspecified atom stereocenters. The molecule has 1 amide bonds. The van der Waals surface area contributed by atoms with Crippen molar-refractivity contribution < 1.29 is 23.9 Å². The van der Waals surface area contributed by atoms with Crippen LogP contribution in [-0.2, 0) is 35.8 Å². The summed E-state index contributed by atoms with van der Waals surface area (Å²) in [5, 5.41) is 0. The van der Waals surface area contributed by atoms with Gasteiger partial charge in [-0.05, 0) is 48.7 Å². The molecular weight excluding hydrogens is 540 g/mol. The van der Waals surface area contributed by atoms with E-state index in [1.54, 1.807) is 11.8 Å². The zero-order valence-electron chi connectivity index (χ0n) is 24.5. The van der Waals surface area contributed by atoms with Crippen molar-refractivity contribution in [2.75, 3.05) is 23.5 Å². The summed E-state index contributed by atoms with van der Waals surface area (Å²) < 4.78 is 11.1. The minimum atomic E-state index is -1.50. The van der Waals surface area contributed by atoms with Gasteiger partial charge in [0.15, 0.2) is 0 Å². The molecule has 4 aromatic carbocycles. The number of aryl methyl sites for hydroxylation is 1. The summed E-state index contributed by atoms with van der Waals surface area (Å²) in [6.45, 7) is 4.16. The number of hydrogen-bond donors (Lipinski definition) is 0. The van der Waals surface area contributed by atoms with Gasteiger partial charge in [-0.25, -0.2) is 4.79 Å². The van der Waals surface area contributed by atoms with Crippen molar-refractivity contribution in [1.29, 1.82) is 0 Å². The third kappa shape index (κ3) is 4.47. The van der Waals surface area contributed by atoms with Crippen LogP contribution in [0.1, 0.15) is 35.2 Å². The van der Waals surface area contributed by atoms with Crippen molar-refractivity contribution in [2.45, 2.75) is 37.9 Å². The van der Waals surface area contributed by atoms with Gasteiger partial charge in [0.1, 0.15) is 17.4 Å². The number of rotatable bonds is 7. The predicted octanol–water partition coefficient (Wildman–Crippen LogP) is 5.76. The highest BCUT2D eigenvalue weighted by Crippen LogP contribution is 2.62. The summed E-state index contributed by atoms with van der Waals surface area (Å²) >= 11 is 0. The van der Waals surface area contributed by atoms with E-state index in [4.69, 9.17) is 9.47 Å². The van der Waals surface area contributed by atoms with E-state index in [-0.39, 0.29) is 12.5 Å². The van der Waals surface area contributed by atoms with Crippen molar-refractivity contribution in [2.24, 2.45) is 5.92 Å². The van der Waals surface area contributed by atoms with Gasteiger partial charge in [0.25, 0.3) is 0 Å². The summed E-state index contributed by atoms with van der Waals surface area (Å²) in [6.07, 6.45) is 0. The summed E-state index contributed by atoms with van der Waals surface area (Å²) in [5.74, 6) is -2.68. The van der Waals surface area contributed by atoms with E-state index < -0.39 is 35.4 Å². The highest BCUT2D eigenvalue weighted by atomic mass is 16.5. The Labute approximate surface area is 251 Å². The van der Waals surface area contributed by atoms with Crippen molar-refractivity contribution in [1.82, 2.24) is 0 Å². The molecule has 0 N–H and O–H groups in total. The van der Waals surface area contributed by atoms with Crippen LogP contribution in [0.3, 0.4) is 0 Å². The lowest BCUT2D eigenvalue weighted by Gasteiger charge is -2.37. The first-order chi connectivity index (χ1) is 20.9. The number of amides is 1. The molecule has 6 rings (SSSR count). The SMILES string of the molecule is CCOC(=O)[C@@H]1[C@@H](C(=O)OC)[C@@]2(C(=O)N(Cc3ccccc3)c3ccccc32)[C@@H](c2ccc(C)cc2)N1c1ccccc1. The van der Waals surface area contributed by atoms with E-state index in [1.807, 2.05) is 121 Å². The minimum absolute atomic E-state index is 0.124. The van der Waals surface area contributed by atoms with E-state index in [9.17, 15) is 9.59 Å². The zero-order valence-corrected chi connectivity index (χ0v) is 24.5. The van der Waals surface area contributed by atoms with E-state index in [0.29, 0.717) is 23.5 Å². The van der Waals surface area contributed by atoms with E-state index in [0.717, 1.165) is 16.7 Å². The summed E-state index contributed by atoms with van der Waals surface area (Å²) in [7, 11) is 1.30. The fourth-order valence-electron chi connectivity index (χ4n) is 6.96. The van der Waals surface area contributed by atoms with Crippen LogP contribution in [0.25, 0.3) is 0 Å². The zero-order chi connectivity index (χ0) is 30.1. The second kappa shape index (κ2) is 11.4. The van der Waals surface area contributed by atoms with Gasteiger partial charge in [-0.2, -0.15) is 0 Å². The number of para-hydroxylation sites is 2. The van der Waals surface area contributed by atoms with Gasteiger partial charge in [0.2, 0.25) is 5.91 Å². The molecule has 0 saturated carbocycles. The van der Waals surface area contributed by atoms with Crippen molar-refractivity contribution >= 4 is 29.2 Å². The molecule has 0 bridgehead atoms. The lowest BCUT2D eigenvalue weighted by molar-refractivity contribution is -0.157. The second-order valence-electron chi connectivity index (χ2n) is 11.0. The molecule has 4 atom stereocenters. The third-order valence-electron chi connectivity index (χ3n) is 8.67. The molecule has 218 valence electrons. The quantitative estimate of drug-likeness (QED) is 0.261. The van der Waals surface area contributed by atoms with Gasteiger partial charge < -0.3 is 19.3 Å². The molecule has 1 fully saturated rings. The lowest BCUT2D eigenvalue weighted by Crippen LogP contribution is -2.51. The molecule has 0 radical (unpaired) electrons. The van der Waals surface area contributed by atoms with Crippen LogP contribution in [0, 0.1) is 12.8 Å². The maximum Gasteiger partial charge on any atom is 0.329 e. The van der Waals surface area contributed by atoms with Crippen LogP contribution in [0.5, 0.6) is 0 Å². The molecule has 2 aliphatic heterocycles. The smallest absolute Gasteiger partial charge is 0.329 e. The van der Waals surface area contributed by atoms with Crippen LogP contribution >= 0.6 is 0 Å². The molecule has 4 aromatic rings. The Morgan fingerprint density at radius 1 is 0.814 bits per heavy atom. The van der Waals surface area contributed by atoms with Crippen LogP contribution in [0.4, 0.5) is 11.4 Å². The Kier molecular flexibility index (Phi) is 7.48. The van der Waals surface area contributed by atoms with Gasteiger partial charge in [-0.15, -0.1) is 0 Å². The molecule has 1 saturated heterocycles. The number of methoxy groups -OCH3 is 1. The summed E-state index contributed by atoms with van der Waals surface area (Å²) in [5.41, 5.74) is 3.40. The Morgan fingerprint density at radius 3 is 2.09 bits per heavy atom. The fourth-order valence-corrected chi connectivity index (χ4v) is 6.96. The molecular formula is C36H34N2O5. The molecule has 7 nitrogen and oxygen atoms in total. The number of hydrogen-bond acceptors (Lipinski definition) is 6. The minimum Gasteiger partial charge on any atom is -0.469 e. The normalized spacial score (nSPS) is 22.5. The number of carbonyl (C=O) groups is 3. The first-order valence-electron chi connectivity index (χ1n) is 14.5. The largest absolute Gasteiger partial charge is 0.469 e. The van der Waals surface area contributed by atoms with Gasteiger partial charge in [0, 0.05) is 11.4 Å². The lowest BCUT2D eigenvalue weighted by atomic mass is 9.65. The number of fused-ring (bicyclic) bond motifs is 2. The first-order valence-corrected chi connectivity index (χ1v) is 14.5. The molecule has 1 spiro atoms. The molecule has 0 aromatic heterocycles. The number of esters is 2. The van der Waals surface area contributed by atoms with Crippen molar-refractivity contribution in [3.8, 4) is 0 Å². The molecule has 7 heteroatoms. The van der Waals surface area contributed by atoms with E-state index in [1.165, 1.54) is 7.11 Å². The van der Waals surface area contributed by atoms with Gasteiger partial charge in [-0.3, -0.25) is 9.59 Å². The predicted molar refractivity (Wildman–Crippen MR) is 165 cm³/mol. The van der Waals surface area contributed by atoms with Crippen LogP contribution in [0.2, 0.25) is 0 Å². The Bertz CT molecular complexity index is 1640. The van der Waals surface area contributed by atoms with Crippen LogP contribution < -0.4 is 9.80 Å². The van der Waals surface area contributed by atoms with Crippen LogP contribution in [0.15, 0.2) is 109 Å². The van der Waals surface area contributed by atoms with Crippen molar-refractivity contribution in [3.05, 3.63) is 131 Å². The van der Waals surface area contributed by atoms with Crippen molar-refractivity contribution in [3.63, 3.8) is 0 Å². The molecule has 0 aliphatic carbocycles. The highest BCUT2D eigenvalue weighted by Gasteiger charge is 2.73. The summed E-state index contributed by atoms with van der Waals surface area (Å²) in [6, 6.07) is 32.9. The summed E-state index contributed by atoms with van der Waals surface area (Å²) in [4.78, 5) is 47.1. The molecule has 2 aliphatic rings. The van der Waals surface area contributed by atoms with Gasteiger partial charge in [-0.1, -0.05) is 96.6 Å². The standard InChI is InChI=1S/C36H34N2O5/c1-4-43-34(40)31-30(33(39)42-3)36(32(26-21-19-24(2)20-22-26)38(31)27-15-9-6-10-16-27)28-17-11-12-18-29(28)37(35(36)41)23-25-13-7-5-8-14-25/h5-22,30-32H,4,23H2,1-3H3/t30-,31-,32+,36+/m0/s1. The highest BCUT2D eigenvalue weighted by molar-refractivity contribution is 6.13. The number of benzene rings is 4. The number of ether oxygens (including phenoxy) is 2.